The largest absolute Gasteiger partial charge is 0.465 e. The summed E-state index contributed by atoms with van der Waals surface area (Å²) in [5.41, 5.74) is 0. The Hall–Kier alpha value is -1.09. The number of likely N-dealkylation sites (tertiary alicyclic amines) is 1. The van der Waals surface area contributed by atoms with Gasteiger partial charge in [-0.1, -0.05) is 30.7 Å². The highest BCUT2D eigenvalue weighted by atomic mass is 16.5. The molecule has 3 rings (SSSR count). The van der Waals surface area contributed by atoms with Crippen molar-refractivity contribution < 1.29 is 9.53 Å². The lowest BCUT2D eigenvalue weighted by atomic mass is 10.1. The molecule has 3 nitrogen and oxygen atoms in total. The van der Waals surface area contributed by atoms with Crippen molar-refractivity contribution in [2.45, 2.75) is 32.1 Å². The Morgan fingerprint density at radius 1 is 1.20 bits per heavy atom. The van der Waals surface area contributed by atoms with Crippen molar-refractivity contribution in [3.63, 3.8) is 0 Å². The number of nitrogens with zero attached hydrogens (tertiary/aromatic N) is 1. The van der Waals surface area contributed by atoms with E-state index in [2.05, 4.69) is 29.2 Å². The van der Waals surface area contributed by atoms with E-state index in [0.29, 0.717) is 18.4 Å². The van der Waals surface area contributed by atoms with Crippen LogP contribution >= 0.6 is 0 Å². The summed E-state index contributed by atoms with van der Waals surface area (Å²) in [7, 11) is 0. The lowest BCUT2D eigenvalue weighted by Gasteiger charge is -2.26. The van der Waals surface area contributed by atoms with Crippen LogP contribution in [-0.4, -0.2) is 37.1 Å². The van der Waals surface area contributed by atoms with Gasteiger partial charge in [0, 0.05) is 6.54 Å². The second-order valence-corrected chi connectivity index (χ2v) is 6.24. The molecule has 20 heavy (non-hydrogen) atoms. The van der Waals surface area contributed by atoms with Gasteiger partial charge in [0.05, 0.1) is 12.5 Å². The van der Waals surface area contributed by atoms with Gasteiger partial charge in [0.25, 0.3) is 0 Å². The summed E-state index contributed by atoms with van der Waals surface area (Å²) < 4.78 is 5.47. The van der Waals surface area contributed by atoms with Crippen LogP contribution in [0.2, 0.25) is 0 Å². The van der Waals surface area contributed by atoms with Gasteiger partial charge in [0.1, 0.15) is 0 Å². The molecular formula is C17H25NO2. The lowest BCUT2D eigenvalue weighted by molar-refractivity contribution is -0.146. The predicted octanol–water partition coefficient (Wildman–Crippen LogP) is 2.78. The van der Waals surface area contributed by atoms with E-state index in [1.165, 1.54) is 32.4 Å². The van der Waals surface area contributed by atoms with E-state index < -0.39 is 0 Å². The van der Waals surface area contributed by atoms with Crippen molar-refractivity contribution in [1.82, 2.24) is 4.90 Å². The maximum atomic E-state index is 12.0. The van der Waals surface area contributed by atoms with Crippen molar-refractivity contribution in [2.75, 3.05) is 26.2 Å². The van der Waals surface area contributed by atoms with Gasteiger partial charge in [-0.3, -0.25) is 4.79 Å². The van der Waals surface area contributed by atoms with Crippen LogP contribution in [0.1, 0.15) is 32.1 Å². The van der Waals surface area contributed by atoms with Gasteiger partial charge in [-0.25, -0.2) is 0 Å². The lowest BCUT2D eigenvalue weighted by Crippen LogP contribution is -2.31. The van der Waals surface area contributed by atoms with E-state index in [-0.39, 0.29) is 11.9 Å². The van der Waals surface area contributed by atoms with Crippen molar-refractivity contribution in [1.29, 1.82) is 0 Å². The first-order valence-electron chi connectivity index (χ1n) is 8.08. The van der Waals surface area contributed by atoms with Crippen LogP contribution in [0.25, 0.3) is 0 Å². The second-order valence-electron chi connectivity index (χ2n) is 6.24. The topological polar surface area (TPSA) is 29.5 Å². The van der Waals surface area contributed by atoms with Crippen molar-refractivity contribution in [3.8, 4) is 0 Å². The van der Waals surface area contributed by atoms with Crippen LogP contribution in [0, 0.1) is 17.8 Å². The molecule has 0 N–H and O–H groups in total. The number of allylic oxidation sites excluding steroid dienone is 4. The Balaban J connectivity index is 1.32. The Bertz CT molecular complexity index is 396. The highest BCUT2D eigenvalue weighted by molar-refractivity contribution is 5.77. The predicted molar refractivity (Wildman–Crippen MR) is 79.2 cm³/mol. The molecule has 0 bridgehead atoms. The number of esters is 1. The molecule has 110 valence electrons. The van der Waals surface area contributed by atoms with Gasteiger partial charge in [0.15, 0.2) is 0 Å². The van der Waals surface area contributed by atoms with E-state index in [9.17, 15) is 4.79 Å². The van der Waals surface area contributed by atoms with Gasteiger partial charge in [-0.15, -0.1) is 0 Å². The fraction of sp³-hybridized carbons (Fsp3) is 0.706. The molecule has 2 fully saturated rings. The molecular weight excluding hydrogens is 250 g/mol. The van der Waals surface area contributed by atoms with Crippen molar-refractivity contribution >= 4 is 5.97 Å². The summed E-state index contributed by atoms with van der Waals surface area (Å²) in [5, 5.41) is 0. The third kappa shape index (κ3) is 3.32. The fourth-order valence-electron chi connectivity index (χ4n) is 3.55. The Morgan fingerprint density at radius 3 is 2.90 bits per heavy atom. The van der Waals surface area contributed by atoms with Crippen LogP contribution < -0.4 is 0 Å². The molecule has 0 spiro atoms. The monoisotopic (exact) mass is 275 g/mol. The SMILES string of the molecule is O=C(OCCCN1CCCCC1)C1C2C=CC=CCC21. The number of hydrogen-bond donors (Lipinski definition) is 0. The van der Waals surface area contributed by atoms with Crippen molar-refractivity contribution in [2.24, 2.45) is 17.8 Å². The van der Waals surface area contributed by atoms with Gasteiger partial charge in [0.2, 0.25) is 0 Å². The number of rotatable bonds is 5. The summed E-state index contributed by atoms with van der Waals surface area (Å²) >= 11 is 0. The number of ether oxygens (including phenoxy) is 1. The molecule has 0 aromatic rings. The molecule has 0 radical (unpaired) electrons. The maximum absolute atomic E-state index is 12.0. The van der Waals surface area contributed by atoms with E-state index >= 15 is 0 Å². The average Bonchev–Trinajstić information content (AvgIpc) is 3.19. The number of hydrogen-bond acceptors (Lipinski definition) is 3. The summed E-state index contributed by atoms with van der Waals surface area (Å²) in [6.07, 6.45) is 14.5. The Morgan fingerprint density at radius 2 is 2.05 bits per heavy atom. The number of fused-ring (bicyclic) bond motifs is 1. The second kappa shape index (κ2) is 6.57. The van der Waals surface area contributed by atoms with E-state index in [0.717, 1.165) is 19.4 Å². The molecule has 2 aliphatic carbocycles. The van der Waals surface area contributed by atoms with Gasteiger partial charge in [-0.2, -0.15) is 0 Å². The maximum Gasteiger partial charge on any atom is 0.309 e. The molecule has 3 unspecified atom stereocenters. The highest BCUT2D eigenvalue weighted by Crippen LogP contribution is 2.51. The van der Waals surface area contributed by atoms with Crippen molar-refractivity contribution in [3.05, 3.63) is 24.3 Å². The van der Waals surface area contributed by atoms with Crippen LogP contribution in [0.3, 0.4) is 0 Å². The molecule has 3 aliphatic rings. The molecule has 1 heterocycles. The normalized spacial score (nSPS) is 32.5. The molecule has 3 heteroatoms. The molecule has 0 aromatic heterocycles. The van der Waals surface area contributed by atoms with Crippen LogP contribution in [-0.2, 0) is 9.53 Å². The fourth-order valence-corrected chi connectivity index (χ4v) is 3.55. The van der Waals surface area contributed by atoms with E-state index in [4.69, 9.17) is 4.74 Å². The van der Waals surface area contributed by atoms with Gasteiger partial charge >= 0.3 is 5.97 Å². The van der Waals surface area contributed by atoms with Gasteiger partial charge < -0.3 is 9.64 Å². The number of carbonyl (C=O) groups excluding carboxylic acids is 1. The average molecular weight is 275 g/mol. The molecule has 1 saturated carbocycles. The summed E-state index contributed by atoms with van der Waals surface area (Å²) in [6, 6.07) is 0. The Kier molecular flexibility index (Phi) is 4.56. The number of piperidine rings is 1. The third-order valence-corrected chi connectivity index (χ3v) is 4.80. The highest BCUT2D eigenvalue weighted by Gasteiger charge is 2.53. The zero-order valence-corrected chi connectivity index (χ0v) is 12.2. The van der Waals surface area contributed by atoms with E-state index in [1.807, 2.05) is 0 Å². The zero-order chi connectivity index (χ0) is 13.8. The third-order valence-electron chi connectivity index (χ3n) is 4.80. The first-order valence-corrected chi connectivity index (χ1v) is 8.08. The zero-order valence-electron chi connectivity index (χ0n) is 12.2. The van der Waals surface area contributed by atoms with E-state index in [1.54, 1.807) is 0 Å². The molecule has 1 saturated heterocycles. The molecule has 3 atom stereocenters. The minimum Gasteiger partial charge on any atom is -0.465 e. The first kappa shape index (κ1) is 13.9. The molecule has 0 aromatic carbocycles. The quantitative estimate of drug-likeness (QED) is 0.571. The standard InChI is InChI=1S/C17H25NO2/c19-17(16-14-8-3-1-4-9-15(14)16)20-13-7-12-18-10-5-2-6-11-18/h1,3-4,8,14-16H,2,5-7,9-13H2. The summed E-state index contributed by atoms with van der Waals surface area (Å²) in [5.74, 6) is 1.09. The number of carbonyl (C=O) groups is 1. The van der Waals surface area contributed by atoms with Crippen LogP contribution in [0.15, 0.2) is 24.3 Å². The first-order chi connectivity index (χ1) is 9.86. The molecule has 0 amide bonds. The smallest absolute Gasteiger partial charge is 0.309 e. The van der Waals surface area contributed by atoms with Gasteiger partial charge in [-0.05, 0) is 50.6 Å². The minimum absolute atomic E-state index is 0.0265. The minimum atomic E-state index is 0.0265. The summed E-state index contributed by atoms with van der Waals surface area (Å²) in [4.78, 5) is 14.5. The van der Waals surface area contributed by atoms with Crippen LogP contribution in [0.4, 0.5) is 0 Å². The summed E-state index contributed by atoms with van der Waals surface area (Å²) in [6.45, 7) is 4.11. The Labute approximate surface area is 121 Å². The molecule has 1 aliphatic heterocycles. The van der Waals surface area contributed by atoms with Crippen LogP contribution in [0.5, 0.6) is 0 Å².